The highest BCUT2D eigenvalue weighted by Gasteiger charge is 2.09. The van der Waals surface area contributed by atoms with Crippen molar-refractivity contribution in [2.45, 2.75) is 39.2 Å². The van der Waals surface area contributed by atoms with Crippen molar-refractivity contribution in [2.24, 2.45) is 0 Å². The van der Waals surface area contributed by atoms with Crippen molar-refractivity contribution in [1.82, 2.24) is 10.3 Å². The van der Waals surface area contributed by atoms with Gasteiger partial charge in [-0.15, -0.1) is 11.3 Å². The number of aromatic nitrogens is 1. The molecule has 1 heterocycles. The number of carbonyl (C=O) groups is 2. The second-order valence-electron chi connectivity index (χ2n) is 5.40. The van der Waals surface area contributed by atoms with Gasteiger partial charge >= 0.3 is 5.97 Å². The van der Waals surface area contributed by atoms with Crippen molar-refractivity contribution in [1.29, 1.82) is 0 Å². The summed E-state index contributed by atoms with van der Waals surface area (Å²) in [4.78, 5) is 26.4. The number of unbranched alkanes of at least 4 members (excludes halogenated alkanes) is 1. The number of aryl methyl sites for hydroxylation is 2. The summed E-state index contributed by atoms with van der Waals surface area (Å²) in [6, 6.07) is 8.44. The van der Waals surface area contributed by atoms with Gasteiger partial charge in [-0.3, -0.25) is 4.79 Å². The van der Waals surface area contributed by atoms with Gasteiger partial charge in [-0.25, -0.2) is 9.78 Å². The third kappa shape index (κ3) is 5.83. The Balaban J connectivity index is 1.63. The summed E-state index contributed by atoms with van der Waals surface area (Å²) in [5.41, 5.74) is 2.57. The van der Waals surface area contributed by atoms with Gasteiger partial charge in [0.15, 0.2) is 5.69 Å². The quantitative estimate of drug-likeness (QED) is 0.728. The highest BCUT2D eigenvalue weighted by molar-refractivity contribution is 7.09. The lowest BCUT2D eigenvalue weighted by Gasteiger charge is -2.04. The number of carboxylic acids is 1. The molecule has 0 fully saturated rings. The zero-order chi connectivity index (χ0) is 16.7. The van der Waals surface area contributed by atoms with E-state index in [0.29, 0.717) is 11.4 Å². The van der Waals surface area contributed by atoms with Gasteiger partial charge in [0.25, 0.3) is 0 Å². The zero-order valence-electron chi connectivity index (χ0n) is 13.0. The van der Waals surface area contributed by atoms with E-state index in [1.807, 2.05) is 0 Å². The smallest absolute Gasteiger partial charge is 0.355 e. The van der Waals surface area contributed by atoms with Crippen LogP contribution >= 0.6 is 11.3 Å². The van der Waals surface area contributed by atoms with Crippen LogP contribution in [-0.4, -0.2) is 22.0 Å². The highest BCUT2D eigenvalue weighted by Crippen LogP contribution is 2.10. The fraction of sp³-hybridized carbons (Fsp3) is 0.353. The maximum absolute atomic E-state index is 11.8. The molecule has 2 rings (SSSR count). The summed E-state index contributed by atoms with van der Waals surface area (Å²) >= 11 is 1.24. The minimum atomic E-state index is -1.05. The molecule has 5 nitrogen and oxygen atoms in total. The Morgan fingerprint density at radius 1 is 1.22 bits per heavy atom. The Morgan fingerprint density at radius 2 is 1.96 bits per heavy atom. The SMILES string of the molecule is Cc1ccc(CCCCC(=O)NCc2nc(C(=O)O)cs2)cc1. The Morgan fingerprint density at radius 3 is 2.61 bits per heavy atom. The average Bonchev–Trinajstić information content (AvgIpc) is 3.00. The number of nitrogens with zero attached hydrogens (tertiary/aromatic N) is 1. The van der Waals surface area contributed by atoms with Crippen LogP contribution in [-0.2, 0) is 17.8 Å². The molecule has 0 saturated heterocycles. The Hall–Kier alpha value is -2.21. The molecule has 0 saturated carbocycles. The van der Waals surface area contributed by atoms with Gasteiger partial charge in [-0.2, -0.15) is 0 Å². The molecule has 0 aliphatic heterocycles. The van der Waals surface area contributed by atoms with Crippen LogP contribution in [0.1, 0.15) is 45.9 Å². The summed E-state index contributed by atoms with van der Waals surface area (Å²) in [6.07, 6.45) is 3.25. The summed E-state index contributed by atoms with van der Waals surface area (Å²) in [7, 11) is 0. The van der Waals surface area contributed by atoms with E-state index in [4.69, 9.17) is 5.11 Å². The average molecular weight is 332 g/mol. The summed E-state index contributed by atoms with van der Waals surface area (Å²) < 4.78 is 0. The number of rotatable bonds is 8. The third-order valence-electron chi connectivity index (χ3n) is 3.45. The van der Waals surface area contributed by atoms with Crippen LogP contribution in [0.15, 0.2) is 29.6 Å². The van der Waals surface area contributed by atoms with Crippen molar-refractivity contribution in [3.63, 3.8) is 0 Å². The first-order valence-corrected chi connectivity index (χ1v) is 8.42. The predicted molar refractivity (Wildman–Crippen MR) is 89.7 cm³/mol. The van der Waals surface area contributed by atoms with Crippen molar-refractivity contribution in [3.8, 4) is 0 Å². The van der Waals surface area contributed by atoms with E-state index >= 15 is 0 Å². The van der Waals surface area contributed by atoms with Crippen LogP contribution in [0.25, 0.3) is 0 Å². The van der Waals surface area contributed by atoms with Crippen LogP contribution in [0.2, 0.25) is 0 Å². The Bertz CT molecular complexity index is 665. The minimum Gasteiger partial charge on any atom is -0.476 e. The monoisotopic (exact) mass is 332 g/mol. The molecule has 1 aromatic heterocycles. The third-order valence-corrected chi connectivity index (χ3v) is 4.30. The van der Waals surface area contributed by atoms with Crippen LogP contribution < -0.4 is 5.32 Å². The van der Waals surface area contributed by atoms with Crippen molar-refractivity contribution >= 4 is 23.2 Å². The zero-order valence-corrected chi connectivity index (χ0v) is 13.9. The lowest BCUT2D eigenvalue weighted by molar-refractivity contribution is -0.121. The van der Waals surface area contributed by atoms with Crippen molar-refractivity contribution in [2.75, 3.05) is 0 Å². The molecule has 2 N–H and O–H groups in total. The van der Waals surface area contributed by atoms with E-state index in [1.54, 1.807) is 0 Å². The summed E-state index contributed by atoms with van der Waals surface area (Å²) in [5.74, 6) is -1.07. The first-order valence-electron chi connectivity index (χ1n) is 7.54. The van der Waals surface area contributed by atoms with Gasteiger partial charge in [0.1, 0.15) is 5.01 Å². The number of amides is 1. The molecule has 0 spiro atoms. The fourth-order valence-electron chi connectivity index (χ4n) is 2.12. The second-order valence-corrected chi connectivity index (χ2v) is 6.34. The van der Waals surface area contributed by atoms with Crippen LogP contribution in [0, 0.1) is 6.92 Å². The lowest BCUT2D eigenvalue weighted by atomic mass is 10.1. The van der Waals surface area contributed by atoms with Crippen LogP contribution in [0.4, 0.5) is 0 Å². The molecular weight excluding hydrogens is 312 g/mol. The number of benzene rings is 1. The number of carboxylic acid groups (broad SMARTS) is 1. The van der Waals surface area contributed by atoms with E-state index < -0.39 is 5.97 Å². The maximum atomic E-state index is 11.8. The molecule has 23 heavy (non-hydrogen) atoms. The van der Waals surface area contributed by atoms with Gasteiger partial charge in [0.05, 0.1) is 6.54 Å². The number of carbonyl (C=O) groups excluding carboxylic acids is 1. The summed E-state index contributed by atoms with van der Waals surface area (Å²) in [5, 5.41) is 13.6. The predicted octanol–water partition coefficient (Wildman–Crippen LogP) is 3.18. The van der Waals surface area contributed by atoms with Gasteiger partial charge in [0.2, 0.25) is 5.91 Å². The van der Waals surface area contributed by atoms with Gasteiger partial charge < -0.3 is 10.4 Å². The van der Waals surface area contributed by atoms with Gasteiger partial charge in [-0.1, -0.05) is 29.8 Å². The molecule has 0 radical (unpaired) electrons. The number of thiazole rings is 1. The molecule has 122 valence electrons. The van der Waals surface area contributed by atoms with Crippen molar-refractivity contribution < 1.29 is 14.7 Å². The number of aromatic carboxylic acids is 1. The maximum Gasteiger partial charge on any atom is 0.355 e. The number of hydrogen-bond donors (Lipinski definition) is 2. The van der Waals surface area contributed by atoms with Crippen LogP contribution in [0.3, 0.4) is 0 Å². The number of hydrogen-bond acceptors (Lipinski definition) is 4. The molecule has 0 aliphatic carbocycles. The van der Waals surface area contributed by atoms with E-state index in [-0.39, 0.29) is 18.1 Å². The van der Waals surface area contributed by atoms with Crippen molar-refractivity contribution in [3.05, 3.63) is 51.5 Å². The molecule has 0 unspecified atom stereocenters. The fourth-order valence-corrected chi connectivity index (χ4v) is 2.83. The normalized spacial score (nSPS) is 10.5. The molecule has 6 heteroatoms. The van der Waals surface area contributed by atoms with E-state index in [1.165, 1.54) is 27.8 Å². The summed E-state index contributed by atoms with van der Waals surface area (Å²) in [6.45, 7) is 2.35. The Labute approximate surface area is 139 Å². The van der Waals surface area contributed by atoms with Gasteiger partial charge in [-0.05, 0) is 31.7 Å². The lowest BCUT2D eigenvalue weighted by Crippen LogP contribution is -2.22. The topological polar surface area (TPSA) is 79.3 Å². The largest absolute Gasteiger partial charge is 0.476 e. The first-order chi connectivity index (χ1) is 11.0. The molecule has 1 amide bonds. The molecule has 2 aromatic rings. The number of nitrogens with one attached hydrogen (secondary N) is 1. The minimum absolute atomic E-state index is 0.0253. The Kier molecular flexibility index (Phi) is 6.29. The molecule has 0 atom stereocenters. The highest BCUT2D eigenvalue weighted by atomic mass is 32.1. The second kappa shape index (κ2) is 8.43. The van der Waals surface area contributed by atoms with E-state index in [9.17, 15) is 9.59 Å². The first kappa shape index (κ1) is 17.1. The molecule has 0 bridgehead atoms. The molecule has 1 aromatic carbocycles. The molecular formula is C17H20N2O3S. The molecule has 0 aliphatic rings. The van der Waals surface area contributed by atoms with Crippen LogP contribution in [0.5, 0.6) is 0 Å². The van der Waals surface area contributed by atoms with E-state index in [2.05, 4.69) is 41.5 Å². The van der Waals surface area contributed by atoms with Gasteiger partial charge in [0, 0.05) is 11.8 Å². The standard InChI is InChI=1S/C17H20N2O3S/c1-12-6-8-13(9-7-12)4-2-3-5-15(20)18-10-16-19-14(11-23-16)17(21)22/h6-9,11H,2-5,10H2,1H3,(H,18,20)(H,21,22). The van der Waals surface area contributed by atoms with E-state index in [0.717, 1.165) is 19.3 Å².